The Hall–Kier alpha value is -2.76. The summed E-state index contributed by atoms with van der Waals surface area (Å²) < 4.78 is 17.5. The van der Waals surface area contributed by atoms with Crippen LogP contribution in [0.1, 0.15) is 50.7 Å². The minimum Gasteiger partial charge on any atom is -0.483 e. The second-order valence-corrected chi connectivity index (χ2v) is 8.38. The third-order valence-corrected chi connectivity index (χ3v) is 5.29. The highest BCUT2D eigenvalue weighted by atomic mass is 16.5. The first-order chi connectivity index (χ1) is 14.0. The molecule has 1 fully saturated rings. The molecule has 1 aromatic heterocycles. The topological polar surface area (TPSA) is 69.7 Å². The Morgan fingerprint density at radius 2 is 2.07 bits per heavy atom. The van der Waals surface area contributed by atoms with E-state index in [1.54, 1.807) is 6.20 Å². The molecule has 1 aliphatic carbocycles. The third kappa shape index (κ3) is 5.00. The van der Waals surface area contributed by atoms with Crippen molar-refractivity contribution in [2.24, 2.45) is 0 Å². The standard InChI is InChI=1S/C23H28N2O4/c1-23(2)12-17-6-5-9-19(22(17)29-23)27-15-20(26)24-13-16-10-11-21(25-14-16)28-18-7-3-4-8-18/h5-6,9-11,14,18H,3-4,7-8,12-13,15H2,1-2H3,(H,24,26). The highest BCUT2D eigenvalue weighted by molar-refractivity contribution is 5.77. The van der Waals surface area contributed by atoms with Crippen molar-refractivity contribution < 1.29 is 19.0 Å². The number of benzene rings is 1. The van der Waals surface area contributed by atoms with E-state index in [1.165, 1.54) is 12.8 Å². The molecule has 154 valence electrons. The smallest absolute Gasteiger partial charge is 0.258 e. The molecule has 4 rings (SSSR count). The second kappa shape index (κ2) is 8.31. The van der Waals surface area contributed by atoms with E-state index in [2.05, 4.69) is 10.3 Å². The Morgan fingerprint density at radius 1 is 1.24 bits per heavy atom. The molecule has 1 N–H and O–H groups in total. The summed E-state index contributed by atoms with van der Waals surface area (Å²) in [5, 5.41) is 2.86. The van der Waals surface area contributed by atoms with Crippen molar-refractivity contribution in [3.8, 4) is 17.4 Å². The van der Waals surface area contributed by atoms with Crippen LogP contribution >= 0.6 is 0 Å². The van der Waals surface area contributed by atoms with E-state index in [0.29, 0.717) is 24.3 Å². The lowest BCUT2D eigenvalue weighted by atomic mass is 10.0. The maximum Gasteiger partial charge on any atom is 0.258 e. The number of amides is 1. The van der Waals surface area contributed by atoms with Crippen molar-refractivity contribution in [3.05, 3.63) is 47.7 Å². The van der Waals surface area contributed by atoms with E-state index in [4.69, 9.17) is 14.2 Å². The van der Waals surface area contributed by atoms with Crippen molar-refractivity contribution in [2.45, 2.75) is 64.2 Å². The normalized spacial score (nSPS) is 17.4. The first kappa shape index (κ1) is 19.6. The number of hydrogen-bond donors (Lipinski definition) is 1. The molecule has 2 heterocycles. The summed E-state index contributed by atoms with van der Waals surface area (Å²) in [6.45, 7) is 4.43. The lowest BCUT2D eigenvalue weighted by molar-refractivity contribution is -0.123. The van der Waals surface area contributed by atoms with Gasteiger partial charge in [0.05, 0.1) is 0 Å². The number of aromatic nitrogens is 1. The number of nitrogens with one attached hydrogen (secondary N) is 1. The molecule has 29 heavy (non-hydrogen) atoms. The van der Waals surface area contributed by atoms with Crippen LogP contribution in [0.2, 0.25) is 0 Å². The molecule has 0 saturated heterocycles. The Balaban J connectivity index is 1.24. The molecule has 0 atom stereocenters. The van der Waals surface area contributed by atoms with Gasteiger partial charge in [0.25, 0.3) is 5.91 Å². The summed E-state index contributed by atoms with van der Waals surface area (Å²) >= 11 is 0. The van der Waals surface area contributed by atoms with Crippen molar-refractivity contribution in [1.82, 2.24) is 10.3 Å². The van der Waals surface area contributed by atoms with Crippen LogP contribution in [0.4, 0.5) is 0 Å². The number of rotatable bonds is 7. The molecule has 2 aromatic rings. The van der Waals surface area contributed by atoms with Crippen LogP contribution in [0.25, 0.3) is 0 Å². The molecule has 6 nitrogen and oxygen atoms in total. The zero-order valence-corrected chi connectivity index (χ0v) is 17.1. The van der Waals surface area contributed by atoms with E-state index >= 15 is 0 Å². The first-order valence-electron chi connectivity index (χ1n) is 10.3. The molecular formula is C23H28N2O4. The minimum atomic E-state index is -0.245. The van der Waals surface area contributed by atoms with Crippen LogP contribution < -0.4 is 19.5 Å². The van der Waals surface area contributed by atoms with Crippen LogP contribution in [0.15, 0.2) is 36.5 Å². The van der Waals surface area contributed by atoms with Gasteiger partial charge in [-0.1, -0.05) is 18.2 Å². The highest BCUT2D eigenvalue weighted by Crippen LogP contribution is 2.41. The Bertz CT molecular complexity index is 858. The summed E-state index contributed by atoms with van der Waals surface area (Å²) in [6, 6.07) is 9.59. The monoisotopic (exact) mass is 396 g/mol. The fourth-order valence-corrected chi connectivity index (χ4v) is 3.86. The quantitative estimate of drug-likeness (QED) is 0.771. The number of carbonyl (C=O) groups is 1. The number of para-hydroxylation sites is 1. The molecule has 0 unspecified atom stereocenters. The molecule has 1 aromatic carbocycles. The number of hydrogen-bond acceptors (Lipinski definition) is 5. The average Bonchev–Trinajstić information content (AvgIpc) is 3.31. The van der Waals surface area contributed by atoms with Gasteiger partial charge >= 0.3 is 0 Å². The van der Waals surface area contributed by atoms with Crippen molar-refractivity contribution in [2.75, 3.05) is 6.61 Å². The molecule has 2 aliphatic rings. The van der Waals surface area contributed by atoms with Crippen molar-refractivity contribution in [3.63, 3.8) is 0 Å². The first-order valence-corrected chi connectivity index (χ1v) is 10.3. The molecule has 6 heteroatoms. The molecule has 1 saturated carbocycles. The van der Waals surface area contributed by atoms with Crippen LogP contribution in [0.5, 0.6) is 17.4 Å². The summed E-state index contributed by atoms with van der Waals surface area (Å²) in [6.07, 6.45) is 7.53. The Labute approximate surface area is 171 Å². The maximum atomic E-state index is 12.2. The van der Waals surface area contributed by atoms with Gasteiger partial charge in [0.15, 0.2) is 18.1 Å². The molecule has 0 bridgehead atoms. The Kier molecular flexibility index (Phi) is 5.60. The molecule has 0 spiro atoms. The summed E-state index contributed by atoms with van der Waals surface area (Å²) in [4.78, 5) is 16.5. The summed E-state index contributed by atoms with van der Waals surface area (Å²) in [5.74, 6) is 1.81. The van der Waals surface area contributed by atoms with Crippen LogP contribution in [0.3, 0.4) is 0 Å². The second-order valence-electron chi connectivity index (χ2n) is 8.38. The van der Waals surface area contributed by atoms with Crippen LogP contribution in [-0.2, 0) is 17.8 Å². The number of fused-ring (bicyclic) bond motifs is 1. The van der Waals surface area contributed by atoms with Crippen molar-refractivity contribution in [1.29, 1.82) is 0 Å². The largest absolute Gasteiger partial charge is 0.483 e. The van der Waals surface area contributed by atoms with Gasteiger partial charge in [0.2, 0.25) is 5.88 Å². The van der Waals surface area contributed by atoms with Gasteiger partial charge < -0.3 is 19.5 Å². The highest BCUT2D eigenvalue weighted by Gasteiger charge is 2.32. The third-order valence-electron chi connectivity index (χ3n) is 5.29. The van der Waals surface area contributed by atoms with Crippen molar-refractivity contribution >= 4 is 5.91 Å². The van der Waals surface area contributed by atoms with Gasteiger partial charge in [-0.25, -0.2) is 4.98 Å². The average molecular weight is 396 g/mol. The fraction of sp³-hybridized carbons (Fsp3) is 0.478. The number of pyridine rings is 1. The number of carbonyl (C=O) groups excluding carboxylic acids is 1. The van der Waals surface area contributed by atoms with Crippen LogP contribution in [-0.4, -0.2) is 29.2 Å². The van der Waals surface area contributed by atoms with Gasteiger partial charge in [0.1, 0.15) is 11.7 Å². The SMILES string of the molecule is CC1(C)Cc2cccc(OCC(=O)NCc3ccc(OC4CCCC4)nc3)c2O1. The predicted octanol–water partition coefficient (Wildman–Crippen LogP) is 3.81. The molecule has 1 amide bonds. The van der Waals surface area contributed by atoms with E-state index in [0.717, 1.165) is 36.1 Å². The van der Waals surface area contributed by atoms with E-state index in [-0.39, 0.29) is 18.1 Å². The van der Waals surface area contributed by atoms with Gasteiger partial charge in [-0.3, -0.25) is 4.79 Å². The zero-order valence-electron chi connectivity index (χ0n) is 17.1. The Morgan fingerprint density at radius 3 is 2.83 bits per heavy atom. The molecule has 1 aliphatic heterocycles. The lowest BCUT2D eigenvalue weighted by Gasteiger charge is -2.18. The lowest BCUT2D eigenvalue weighted by Crippen LogP contribution is -2.28. The minimum absolute atomic E-state index is 0.0590. The number of nitrogens with zero attached hydrogens (tertiary/aromatic N) is 1. The van der Waals surface area contributed by atoms with Gasteiger partial charge in [-0.15, -0.1) is 0 Å². The summed E-state index contributed by atoms with van der Waals surface area (Å²) in [7, 11) is 0. The van der Waals surface area contributed by atoms with E-state index in [1.807, 2.05) is 44.2 Å². The number of ether oxygens (including phenoxy) is 3. The van der Waals surface area contributed by atoms with Gasteiger partial charge in [-0.2, -0.15) is 0 Å². The summed E-state index contributed by atoms with van der Waals surface area (Å²) in [5.41, 5.74) is 1.78. The zero-order chi connectivity index (χ0) is 20.3. The van der Waals surface area contributed by atoms with Gasteiger partial charge in [0, 0.05) is 30.8 Å². The van der Waals surface area contributed by atoms with E-state index in [9.17, 15) is 4.79 Å². The van der Waals surface area contributed by atoms with E-state index < -0.39 is 0 Å². The van der Waals surface area contributed by atoms with Crippen LogP contribution in [0, 0.1) is 0 Å². The fourth-order valence-electron chi connectivity index (χ4n) is 3.86. The van der Waals surface area contributed by atoms with Gasteiger partial charge in [-0.05, 0) is 51.2 Å². The molecular weight excluding hydrogens is 368 g/mol. The predicted molar refractivity (Wildman–Crippen MR) is 109 cm³/mol. The maximum absolute atomic E-state index is 12.2. The molecule has 0 radical (unpaired) electrons.